The number of rotatable bonds is 5. The smallest absolute Gasteiger partial charge is 0.0502 e. The van der Waals surface area contributed by atoms with E-state index in [1.54, 1.807) is 0 Å². The molecular weight excluding hydrogens is 426 g/mol. The summed E-state index contributed by atoms with van der Waals surface area (Å²) >= 11 is 0. The van der Waals surface area contributed by atoms with Crippen LogP contribution in [-0.4, -0.2) is 44.4 Å². The van der Waals surface area contributed by atoms with E-state index in [1.165, 1.54) is 11.4 Å². The fourth-order valence-corrected chi connectivity index (χ4v) is 11.8. The molecule has 0 saturated carbocycles. The van der Waals surface area contributed by atoms with Crippen molar-refractivity contribution < 1.29 is 0 Å². The lowest BCUT2D eigenvalue weighted by molar-refractivity contribution is 0.576. The van der Waals surface area contributed by atoms with Crippen molar-refractivity contribution in [3.63, 3.8) is 0 Å². The van der Waals surface area contributed by atoms with Gasteiger partial charge < -0.3 is 0 Å². The molecule has 0 atom stereocenters. The summed E-state index contributed by atoms with van der Waals surface area (Å²) in [5.74, 6) is 0. The molecule has 190 valence electrons. The molecule has 0 bridgehead atoms. The molecular formula is C28H58N2P2. The van der Waals surface area contributed by atoms with E-state index in [1.807, 2.05) is 0 Å². The van der Waals surface area contributed by atoms with E-state index in [4.69, 9.17) is 10.2 Å². The zero-order valence-corrected chi connectivity index (χ0v) is 27.0. The molecule has 0 aliphatic carbocycles. The normalized spacial score (nSPS) is 16.4. The van der Waals surface area contributed by atoms with Gasteiger partial charge in [-0.1, -0.05) is 140 Å². The molecule has 0 rings (SSSR count). The highest BCUT2D eigenvalue weighted by atomic mass is 31.1. The first kappa shape index (κ1) is 32.2. The lowest BCUT2D eigenvalue weighted by atomic mass is 9.90. The average molecular weight is 485 g/mol. The summed E-state index contributed by atoms with van der Waals surface area (Å²) in [7, 11) is -0.510. The highest BCUT2D eigenvalue weighted by Gasteiger charge is 2.38. The Balaban J connectivity index is 6.51. The Morgan fingerprint density at radius 3 is 0.719 bits per heavy atom. The van der Waals surface area contributed by atoms with Crippen LogP contribution in [0.4, 0.5) is 0 Å². The molecule has 0 aromatic rings. The molecule has 0 spiro atoms. The number of hydrogen-bond donors (Lipinski definition) is 0. The second-order valence-electron chi connectivity index (χ2n) is 15.4. The summed E-state index contributed by atoms with van der Waals surface area (Å²) in [4.78, 5) is 0. The molecule has 0 N–H and O–H groups in total. The summed E-state index contributed by atoms with van der Waals surface area (Å²) in [5, 5.41) is 11.3. The Morgan fingerprint density at radius 1 is 0.406 bits per heavy atom. The maximum absolute atomic E-state index is 5.08. The minimum atomic E-state index is -0.255. The summed E-state index contributed by atoms with van der Waals surface area (Å²) in [5.41, 5.74) is 2.54. The zero-order chi connectivity index (χ0) is 26.1. The fraction of sp³-hybridized carbons (Fsp3) is 0.929. The second kappa shape index (κ2) is 10.4. The molecule has 0 saturated heterocycles. The van der Waals surface area contributed by atoms with Crippen molar-refractivity contribution in [2.75, 3.05) is 12.3 Å². The lowest BCUT2D eigenvalue weighted by Gasteiger charge is -2.43. The Hall–Kier alpha value is 0.200. The topological polar surface area (TPSA) is 24.7 Å². The van der Waals surface area contributed by atoms with Gasteiger partial charge in [-0.2, -0.15) is 10.2 Å². The number of nitrogens with zero attached hydrogens (tertiary/aromatic N) is 2. The van der Waals surface area contributed by atoms with E-state index in [0.29, 0.717) is 0 Å². The van der Waals surface area contributed by atoms with Crippen molar-refractivity contribution in [1.29, 1.82) is 0 Å². The van der Waals surface area contributed by atoms with Crippen LogP contribution in [-0.2, 0) is 0 Å². The molecule has 4 heteroatoms. The van der Waals surface area contributed by atoms with Crippen molar-refractivity contribution in [3.8, 4) is 0 Å². The van der Waals surface area contributed by atoms with E-state index in [-0.39, 0.29) is 47.3 Å². The first-order valence-electron chi connectivity index (χ1n) is 12.4. The molecule has 0 fully saturated rings. The van der Waals surface area contributed by atoms with Crippen molar-refractivity contribution in [3.05, 3.63) is 0 Å². The summed E-state index contributed by atoms with van der Waals surface area (Å²) in [6, 6.07) is 0. The van der Waals surface area contributed by atoms with E-state index in [2.05, 4.69) is 125 Å². The average Bonchev–Trinajstić information content (AvgIpc) is 2.41. The van der Waals surface area contributed by atoms with Gasteiger partial charge in [0.25, 0.3) is 0 Å². The van der Waals surface area contributed by atoms with Gasteiger partial charge >= 0.3 is 0 Å². The van der Waals surface area contributed by atoms with Crippen molar-refractivity contribution in [1.82, 2.24) is 0 Å². The quantitative estimate of drug-likeness (QED) is 0.211. The van der Waals surface area contributed by atoms with Crippen LogP contribution in [0.3, 0.4) is 0 Å². The van der Waals surface area contributed by atoms with Crippen LogP contribution >= 0.6 is 15.8 Å². The lowest BCUT2D eigenvalue weighted by Crippen LogP contribution is -2.34. The third-order valence-electron chi connectivity index (χ3n) is 5.88. The van der Waals surface area contributed by atoms with Crippen LogP contribution in [0.15, 0.2) is 10.2 Å². The maximum atomic E-state index is 5.08. The molecule has 0 aromatic heterocycles. The third-order valence-corrected chi connectivity index (χ3v) is 13.6. The predicted octanol–water partition coefficient (Wildman–Crippen LogP) is 10.0. The minimum Gasteiger partial charge on any atom is -0.159 e. The standard InChI is InChI=1S/C28H58N2P2/c1-23(2,3)21(19-31(25(7,8)9)26(10,11)12)29-30-22(24(4,5)6)20-32(27(13,14)15)28(16,17)18/h19-20H2,1-18H3/b29-21+,30-22+. The molecule has 0 aliphatic rings. The summed E-state index contributed by atoms with van der Waals surface area (Å²) in [6.45, 7) is 42.6. The molecule has 0 amide bonds. The molecule has 0 heterocycles. The van der Waals surface area contributed by atoms with E-state index in [9.17, 15) is 0 Å². The van der Waals surface area contributed by atoms with E-state index < -0.39 is 0 Å². The minimum absolute atomic E-state index is 0.0162. The first-order valence-corrected chi connectivity index (χ1v) is 15.4. The van der Waals surface area contributed by atoms with Gasteiger partial charge in [-0.3, -0.25) is 0 Å². The van der Waals surface area contributed by atoms with E-state index in [0.717, 1.165) is 12.3 Å². The van der Waals surface area contributed by atoms with Crippen LogP contribution in [0.25, 0.3) is 0 Å². The SMILES string of the molecule is CC(C)(C)/C(CP(C(C)(C)C)C(C)(C)C)=N/N=C(\CP(C(C)(C)C)C(C)(C)C)C(C)(C)C. The van der Waals surface area contributed by atoms with Gasteiger partial charge in [0.1, 0.15) is 0 Å². The molecule has 0 aromatic carbocycles. The molecule has 0 radical (unpaired) electrons. The van der Waals surface area contributed by atoms with Crippen LogP contribution in [0.5, 0.6) is 0 Å². The predicted molar refractivity (Wildman–Crippen MR) is 156 cm³/mol. The number of hydrogen-bond acceptors (Lipinski definition) is 2. The van der Waals surface area contributed by atoms with Gasteiger partial charge in [-0.15, -0.1) is 0 Å². The van der Waals surface area contributed by atoms with Gasteiger partial charge in [-0.05, 0) is 20.6 Å². The third kappa shape index (κ3) is 10.6. The summed E-state index contributed by atoms with van der Waals surface area (Å²) < 4.78 is 0. The van der Waals surface area contributed by atoms with Crippen LogP contribution in [0.2, 0.25) is 0 Å². The Labute approximate surface area is 205 Å². The summed E-state index contributed by atoms with van der Waals surface area (Å²) in [6.07, 6.45) is 2.11. The van der Waals surface area contributed by atoms with Gasteiger partial charge in [-0.25, -0.2) is 0 Å². The molecule has 0 aliphatic heterocycles. The van der Waals surface area contributed by atoms with Crippen molar-refractivity contribution in [2.24, 2.45) is 21.0 Å². The Morgan fingerprint density at radius 2 is 0.594 bits per heavy atom. The van der Waals surface area contributed by atoms with Crippen molar-refractivity contribution in [2.45, 2.75) is 145 Å². The second-order valence-corrected chi connectivity index (χ2v) is 23.2. The van der Waals surface area contributed by atoms with Gasteiger partial charge in [0.15, 0.2) is 0 Å². The van der Waals surface area contributed by atoms with Crippen molar-refractivity contribution >= 4 is 27.3 Å². The van der Waals surface area contributed by atoms with Gasteiger partial charge in [0.2, 0.25) is 0 Å². The first-order chi connectivity index (χ1) is 13.7. The zero-order valence-electron chi connectivity index (χ0n) is 25.2. The van der Waals surface area contributed by atoms with E-state index >= 15 is 0 Å². The highest BCUT2D eigenvalue weighted by molar-refractivity contribution is 7.62. The largest absolute Gasteiger partial charge is 0.159 e. The highest BCUT2D eigenvalue weighted by Crippen LogP contribution is 2.61. The Kier molecular flexibility index (Phi) is 10.5. The monoisotopic (exact) mass is 484 g/mol. The van der Waals surface area contributed by atoms with Crippen LogP contribution in [0, 0.1) is 10.8 Å². The Bertz CT molecular complexity index is 573. The van der Waals surface area contributed by atoms with Crippen LogP contribution < -0.4 is 0 Å². The van der Waals surface area contributed by atoms with Gasteiger partial charge in [0.05, 0.1) is 11.4 Å². The maximum Gasteiger partial charge on any atom is 0.0502 e. The molecule has 32 heavy (non-hydrogen) atoms. The fourth-order valence-electron chi connectivity index (χ4n) is 4.22. The van der Waals surface area contributed by atoms with Gasteiger partial charge in [0, 0.05) is 23.2 Å². The molecule has 0 unspecified atom stereocenters. The van der Waals surface area contributed by atoms with Crippen LogP contribution in [0.1, 0.15) is 125 Å². The molecule has 2 nitrogen and oxygen atoms in total.